The summed E-state index contributed by atoms with van der Waals surface area (Å²) in [7, 11) is 1.08. The highest BCUT2D eigenvalue weighted by Gasteiger charge is 2.38. The lowest BCUT2D eigenvalue weighted by Gasteiger charge is -2.29. The molecule has 0 saturated heterocycles. The average molecular weight is 444 g/mol. The molecular weight excluding hydrogens is 414 g/mol. The second kappa shape index (κ2) is 11.3. The van der Waals surface area contributed by atoms with Crippen LogP contribution in [0.4, 0.5) is 26.3 Å². The Balaban J connectivity index is 2.91. The Hall–Kier alpha value is -1.32. The zero-order valence-electron chi connectivity index (χ0n) is 17.2. The largest absolute Gasteiger partial charge is 0.416 e. The predicted octanol–water partition coefficient (Wildman–Crippen LogP) is 6.31. The van der Waals surface area contributed by atoms with Crippen LogP contribution < -0.4 is 0 Å². The van der Waals surface area contributed by atoms with Gasteiger partial charge >= 0.3 is 12.4 Å². The van der Waals surface area contributed by atoms with Gasteiger partial charge in [-0.1, -0.05) is 45.4 Å². The quantitative estimate of drug-likeness (QED) is 0.226. The molecule has 0 saturated carbocycles. The predicted molar refractivity (Wildman–Crippen MR) is 100 cm³/mol. The third kappa shape index (κ3) is 8.81. The molecule has 1 unspecified atom stereocenters. The number of aliphatic hydroxyl groups is 2. The van der Waals surface area contributed by atoms with Gasteiger partial charge in [-0.25, -0.2) is 0 Å². The number of hydrogen-bond donors (Lipinski definition) is 2. The van der Waals surface area contributed by atoms with E-state index in [1.165, 1.54) is 0 Å². The van der Waals surface area contributed by atoms with Crippen LogP contribution in [-0.2, 0) is 23.5 Å². The van der Waals surface area contributed by atoms with Gasteiger partial charge in [0.25, 0.3) is 5.97 Å². The van der Waals surface area contributed by atoms with Crippen LogP contribution in [0.5, 0.6) is 0 Å². The Labute approximate surface area is 173 Å². The number of ether oxygens (including phenoxy) is 1. The molecule has 174 valence electrons. The van der Waals surface area contributed by atoms with Crippen LogP contribution in [0, 0.1) is 5.92 Å². The van der Waals surface area contributed by atoms with Gasteiger partial charge in [0.15, 0.2) is 0 Å². The minimum absolute atomic E-state index is 0.0333. The fourth-order valence-electron chi connectivity index (χ4n) is 3.36. The minimum atomic E-state index is -4.92. The molecule has 0 spiro atoms. The zero-order chi connectivity index (χ0) is 23.0. The summed E-state index contributed by atoms with van der Waals surface area (Å²) in [5.74, 6) is -3.35. The first-order valence-electron chi connectivity index (χ1n) is 10.1. The fraction of sp³-hybridized carbons (Fsp3) is 0.714. The van der Waals surface area contributed by atoms with Crippen LogP contribution in [0.2, 0.25) is 0 Å². The Morgan fingerprint density at radius 2 is 1.30 bits per heavy atom. The number of alkyl halides is 6. The lowest BCUT2D eigenvalue weighted by atomic mass is 9.90. The fourth-order valence-corrected chi connectivity index (χ4v) is 3.36. The van der Waals surface area contributed by atoms with Crippen molar-refractivity contribution in [1.82, 2.24) is 0 Å². The van der Waals surface area contributed by atoms with E-state index in [0.29, 0.717) is 25.0 Å². The normalized spacial score (nSPS) is 14.2. The highest BCUT2D eigenvalue weighted by Crippen LogP contribution is 2.37. The first-order chi connectivity index (χ1) is 13.8. The second-order valence-corrected chi connectivity index (χ2v) is 7.57. The molecule has 1 rings (SSSR count). The number of aryl methyl sites for hydroxylation is 1. The van der Waals surface area contributed by atoms with Gasteiger partial charge in [0.1, 0.15) is 0 Å². The number of hydrogen-bond acceptors (Lipinski definition) is 3. The van der Waals surface area contributed by atoms with Gasteiger partial charge < -0.3 is 14.9 Å². The number of methoxy groups -OCH3 is 1. The summed E-state index contributed by atoms with van der Waals surface area (Å²) in [6.07, 6.45) is -4.01. The molecule has 30 heavy (non-hydrogen) atoms. The summed E-state index contributed by atoms with van der Waals surface area (Å²) in [5.41, 5.74) is -2.94. The maximum atomic E-state index is 13.0. The van der Waals surface area contributed by atoms with Gasteiger partial charge in [-0.05, 0) is 43.0 Å². The molecule has 1 atom stereocenters. The third-order valence-electron chi connectivity index (χ3n) is 5.17. The van der Waals surface area contributed by atoms with Crippen LogP contribution in [0.15, 0.2) is 18.2 Å². The smallest absolute Gasteiger partial charge is 0.343 e. The number of benzene rings is 1. The van der Waals surface area contributed by atoms with Crippen molar-refractivity contribution >= 4 is 0 Å². The molecule has 9 heteroatoms. The molecule has 3 nitrogen and oxygen atoms in total. The highest BCUT2D eigenvalue weighted by atomic mass is 19.4. The van der Waals surface area contributed by atoms with Gasteiger partial charge in [0.05, 0.1) is 11.1 Å². The van der Waals surface area contributed by atoms with Crippen LogP contribution in [0.3, 0.4) is 0 Å². The van der Waals surface area contributed by atoms with E-state index in [4.69, 9.17) is 4.74 Å². The third-order valence-corrected chi connectivity index (χ3v) is 5.17. The topological polar surface area (TPSA) is 49.7 Å². The number of rotatable bonds is 12. The molecule has 1 aromatic rings. The van der Waals surface area contributed by atoms with E-state index in [9.17, 15) is 36.6 Å². The van der Waals surface area contributed by atoms with E-state index < -0.39 is 35.4 Å². The Morgan fingerprint density at radius 1 is 0.800 bits per heavy atom. The van der Waals surface area contributed by atoms with Crippen LogP contribution in [-0.4, -0.2) is 23.3 Å². The molecule has 2 N–H and O–H groups in total. The van der Waals surface area contributed by atoms with Crippen molar-refractivity contribution in [1.29, 1.82) is 0 Å². The van der Waals surface area contributed by atoms with Crippen molar-refractivity contribution < 1.29 is 41.3 Å². The molecule has 0 aromatic heterocycles. The summed E-state index contributed by atoms with van der Waals surface area (Å²) in [6, 6.07) is 1.41. The molecule has 0 heterocycles. The molecule has 0 aliphatic rings. The van der Waals surface area contributed by atoms with Crippen molar-refractivity contribution in [2.45, 2.75) is 83.0 Å². The molecular formula is C21H30F6O3. The molecule has 0 fully saturated rings. The van der Waals surface area contributed by atoms with Crippen molar-refractivity contribution in [2.75, 3.05) is 7.11 Å². The molecule has 1 aromatic carbocycles. The van der Waals surface area contributed by atoms with E-state index in [2.05, 4.69) is 6.92 Å². The zero-order valence-corrected chi connectivity index (χ0v) is 17.2. The molecule has 0 aliphatic heterocycles. The van der Waals surface area contributed by atoms with Crippen molar-refractivity contribution in [2.24, 2.45) is 5.92 Å². The summed E-state index contributed by atoms with van der Waals surface area (Å²) in [6.45, 7) is 2.08. The summed E-state index contributed by atoms with van der Waals surface area (Å²) in [5, 5.41) is 20.1. The summed E-state index contributed by atoms with van der Waals surface area (Å²) in [4.78, 5) is 0. The highest BCUT2D eigenvalue weighted by molar-refractivity contribution is 5.33. The SMILES string of the molecule is CCCCCCCCC(CCc1cc(C(F)(F)F)cc(C(F)(F)F)c1)C(O)(O)OC. The maximum Gasteiger partial charge on any atom is 0.416 e. The Bertz CT molecular complexity index is 608. The van der Waals surface area contributed by atoms with Crippen LogP contribution in [0.1, 0.15) is 75.0 Å². The van der Waals surface area contributed by atoms with Gasteiger partial charge in [-0.3, -0.25) is 0 Å². The van der Waals surface area contributed by atoms with E-state index in [1.807, 2.05) is 0 Å². The first-order valence-corrected chi connectivity index (χ1v) is 10.1. The van der Waals surface area contributed by atoms with Gasteiger partial charge in [0, 0.05) is 13.0 Å². The van der Waals surface area contributed by atoms with E-state index in [1.54, 1.807) is 0 Å². The van der Waals surface area contributed by atoms with Crippen molar-refractivity contribution in [3.05, 3.63) is 34.9 Å². The van der Waals surface area contributed by atoms with Crippen molar-refractivity contribution in [3.8, 4) is 0 Å². The number of halogens is 6. The lowest BCUT2D eigenvalue weighted by molar-refractivity contribution is -0.357. The second-order valence-electron chi connectivity index (χ2n) is 7.57. The van der Waals surface area contributed by atoms with Gasteiger partial charge in [-0.2, -0.15) is 26.3 Å². The monoisotopic (exact) mass is 444 g/mol. The lowest BCUT2D eigenvalue weighted by Crippen LogP contribution is -2.40. The molecule has 0 radical (unpaired) electrons. The number of unbranched alkanes of at least 4 members (excludes halogenated alkanes) is 5. The van der Waals surface area contributed by atoms with Gasteiger partial charge in [0.2, 0.25) is 0 Å². The van der Waals surface area contributed by atoms with Gasteiger partial charge in [-0.15, -0.1) is 0 Å². The van der Waals surface area contributed by atoms with E-state index >= 15 is 0 Å². The summed E-state index contributed by atoms with van der Waals surface area (Å²) >= 11 is 0. The molecule has 0 aliphatic carbocycles. The van der Waals surface area contributed by atoms with Crippen LogP contribution >= 0.6 is 0 Å². The molecule has 0 bridgehead atoms. The van der Waals surface area contributed by atoms with Crippen LogP contribution in [0.25, 0.3) is 0 Å². The summed E-state index contributed by atoms with van der Waals surface area (Å²) < 4.78 is 82.7. The first kappa shape index (κ1) is 26.7. The average Bonchev–Trinajstić information content (AvgIpc) is 2.65. The minimum Gasteiger partial charge on any atom is -0.343 e. The molecule has 0 amide bonds. The Morgan fingerprint density at radius 3 is 1.77 bits per heavy atom. The Kier molecular flexibility index (Phi) is 10.1. The van der Waals surface area contributed by atoms with Crippen molar-refractivity contribution in [3.63, 3.8) is 0 Å². The maximum absolute atomic E-state index is 13.0. The standard InChI is InChI=1S/C21H30F6O3/c1-3-4-5-6-7-8-9-16(21(28,29)30-2)11-10-15-12-17(19(22,23)24)14-18(13-15)20(25,26)27/h12-14,16,28-29H,3-11H2,1-2H3. The van der Waals surface area contributed by atoms with E-state index in [-0.39, 0.29) is 24.5 Å². The van der Waals surface area contributed by atoms with E-state index in [0.717, 1.165) is 39.2 Å².